The van der Waals surface area contributed by atoms with Crippen LogP contribution in [0.5, 0.6) is 0 Å². The number of amides is 4. The molecule has 5 rings (SSSR count). The molecule has 2 unspecified atom stereocenters. The van der Waals surface area contributed by atoms with Gasteiger partial charge in [0, 0.05) is 30.8 Å². The van der Waals surface area contributed by atoms with Crippen molar-refractivity contribution in [1.82, 2.24) is 10.7 Å². The van der Waals surface area contributed by atoms with Gasteiger partial charge in [-0.1, -0.05) is 30.4 Å². The van der Waals surface area contributed by atoms with E-state index in [1.807, 2.05) is 36.4 Å². The number of hydrogen-bond acceptors (Lipinski definition) is 4. The Morgan fingerprint density at radius 1 is 0.971 bits per heavy atom. The number of hydrogen-bond donors (Lipinski definition) is 2. The largest absolute Gasteiger partial charge is 0.348 e. The summed E-state index contributed by atoms with van der Waals surface area (Å²) in [4.78, 5) is 52.0. The molecule has 2 aromatic rings. The number of carbonyl (C=O) groups excluding carboxylic acids is 4. The molecular weight excluding hydrogens is 432 g/mol. The zero-order chi connectivity index (χ0) is 23.7. The first-order valence-corrected chi connectivity index (χ1v) is 11.6. The van der Waals surface area contributed by atoms with Gasteiger partial charge in [0.25, 0.3) is 5.91 Å². The van der Waals surface area contributed by atoms with E-state index in [-0.39, 0.29) is 35.5 Å². The molecule has 2 heterocycles. The van der Waals surface area contributed by atoms with Crippen molar-refractivity contribution in [2.75, 3.05) is 16.5 Å². The molecule has 3 aliphatic rings. The highest BCUT2D eigenvalue weighted by Crippen LogP contribution is 2.32. The van der Waals surface area contributed by atoms with Gasteiger partial charge < -0.3 is 10.2 Å². The van der Waals surface area contributed by atoms with Gasteiger partial charge in [0.2, 0.25) is 17.7 Å². The number of hydrazine groups is 1. The molecule has 0 radical (unpaired) electrons. The minimum absolute atomic E-state index is 0.139. The lowest BCUT2D eigenvalue weighted by molar-refractivity contribution is -0.139. The molecular formula is C26H26N4O4. The first-order chi connectivity index (χ1) is 16.5. The fourth-order valence-electron chi connectivity index (χ4n) is 4.77. The number of anilines is 2. The Morgan fingerprint density at radius 2 is 1.74 bits per heavy atom. The van der Waals surface area contributed by atoms with E-state index in [0.29, 0.717) is 37.1 Å². The minimum atomic E-state index is -0.380. The van der Waals surface area contributed by atoms with Crippen LogP contribution in [0.4, 0.5) is 11.4 Å². The van der Waals surface area contributed by atoms with Crippen LogP contribution in [0.25, 0.3) is 0 Å². The summed E-state index contributed by atoms with van der Waals surface area (Å²) in [6.07, 6.45) is 6.44. The molecule has 2 N–H and O–H groups in total. The summed E-state index contributed by atoms with van der Waals surface area (Å²) in [6.45, 7) is 1.07. The quantitative estimate of drug-likeness (QED) is 0.673. The summed E-state index contributed by atoms with van der Waals surface area (Å²) in [5.74, 6) is -1.20. The zero-order valence-electron chi connectivity index (χ0n) is 18.7. The van der Waals surface area contributed by atoms with Crippen molar-refractivity contribution in [3.8, 4) is 0 Å². The molecule has 2 saturated heterocycles. The number of fused-ring (bicyclic) bond motifs is 1. The monoisotopic (exact) mass is 458 g/mol. The molecule has 1 aliphatic carbocycles. The molecule has 8 nitrogen and oxygen atoms in total. The smallest absolute Gasteiger partial charge is 0.251 e. The van der Waals surface area contributed by atoms with E-state index in [9.17, 15) is 19.2 Å². The number of nitrogens with zero attached hydrogens (tertiary/aromatic N) is 2. The van der Waals surface area contributed by atoms with Gasteiger partial charge in [0.1, 0.15) is 0 Å². The summed E-state index contributed by atoms with van der Waals surface area (Å²) >= 11 is 0. The lowest BCUT2D eigenvalue weighted by atomic mass is 9.80. The van der Waals surface area contributed by atoms with Gasteiger partial charge in [-0.05, 0) is 55.2 Å². The topological polar surface area (TPSA) is 98.8 Å². The molecule has 0 saturated carbocycles. The second-order valence-electron chi connectivity index (χ2n) is 8.85. The van der Waals surface area contributed by atoms with E-state index < -0.39 is 0 Å². The van der Waals surface area contributed by atoms with Crippen molar-refractivity contribution < 1.29 is 19.2 Å². The van der Waals surface area contributed by atoms with Gasteiger partial charge in [0.15, 0.2) is 0 Å². The predicted molar refractivity (Wildman–Crippen MR) is 127 cm³/mol. The lowest BCUT2D eigenvalue weighted by Gasteiger charge is -2.38. The van der Waals surface area contributed by atoms with Crippen molar-refractivity contribution in [3.05, 3.63) is 71.8 Å². The second kappa shape index (κ2) is 9.13. The van der Waals surface area contributed by atoms with Crippen LogP contribution in [0.3, 0.4) is 0 Å². The standard InChI is InChI=1S/C26H26N4O4/c31-23-9-4-14-29(23)19-12-10-17(11-13-19)16-27-24(32)18-5-3-6-20(15-18)30-26(34)22-8-2-1-7-21(22)25(33)28-30/h1-3,5-6,10-13,15,21-22H,4,7-9,14,16H2,(H,27,32)(H,28,33). The number of carbonyl (C=O) groups is 4. The highest BCUT2D eigenvalue weighted by atomic mass is 16.2. The first-order valence-electron chi connectivity index (χ1n) is 11.6. The Morgan fingerprint density at radius 3 is 2.47 bits per heavy atom. The van der Waals surface area contributed by atoms with E-state index in [4.69, 9.17) is 0 Å². The van der Waals surface area contributed by atoms with E-state index in [1.165, 1.54) is 5.01 Å². The number of nitrogens with one attached hydrogen (secondary N) is 2. The number of benzene rings is 2. The van der Waals surface area contributed by atoms with Gasteiger partial charge in [0.05, 0.1) is 17.5 Å². The van der Waals surface area contributed by atoms with E-state index in [2.05, 4.69) is 10.7 Å². The molecule has 174 valence electrons. The maximum Gasteiger partial charge on any atom is 0.251 e. The maximum atomic E-state index is 13.0. The average molecular weight is 459 g/mol. The second-order valence-corrected chi connectivity index (χ2v) is 8.85. The summed E-state index contributed by atoms with van der Waals surface area (Å²) in [6, 6.07) is 14.2. The molecule has 2 aromatic carbocycles. The van der Waals surface area contributed by atoms with Crippen LogP contribution in [0.15, 0.2) is 60.7 Å². The molecule has 2 aliphatic heterocycles. The predicted octanol–water partition coefficient (Wildman–Crippen LogP) is 2.70. The van der Waals surface area contributed by atoms with Crippen LogP contribution in [0.1, 0.15) is 41.6 Å². The Kier molecular flexibility index (Phi) is 5.88. The molecule has 8 heteroatoms. The molecule has 4 amide bonds. The van der Waals surface area contributed by atoms with Gasteiger partial charge >= 0.3 is 0 Å². The van der Waals surface area contributed by atoms with E-state index >= 15 is 0 Å². The number of rotatable bonds is 5. The highest BCUT2D eigenvalue weighted by molar-refractivity contribution is 6.05. The minimum Gasteiger partial charge on any atom is -0.348 e. The molecule has 2 fully saturated rings. The van der Waals surface area contributed by atoms with Crippen LogP contribution in [-0.2, 0) is 20.9 Å². The van der Waals surface area contributed by atoms with E-state index in [1.54, 1.807) is 29.2 Å². The third kappa shape index (κ3) is 4.19. The molecule has 2 atom stereocenters. The zero-order valence-corrected chi connectivity index (χ0v) is 18.7. The fourth-order valence-corrected chi connectivity index (χ4v) is 4.77. The third-order valence-corrected chi connectivity index (χ3v) is 6.67. The molecule has 0 spiro atoms. The summed E-state index contributed by atoms with van der Waals surface area (Å²) in [5, 5.41) is 4.15. The van der Waals surface area contributed by atoms with Gasteiger partial charge in [-0.2, -0.15) is 0 Å². The van der Waals surface area contributed by atoms with Crippen LogP contribution < -0.4 is 20.7 Å². The van der Waals surface area contributed by atoms with Crippen molar-refractivity contribution >= 4 is 35.0 Å². The summed E-state index contributed by atoms with van der Waals surface area (Å²) in [7, 11) is 0. The van der Waals surface area contributed by atoms with E-state index in [0.717, 1.165) is 24.2 Å². The number of allylic oxidation sites excluding steroid dienone is 2. The molecule has 0 bridgehead atoms. The van der Waals surface area contributed by atoms with Crippen LogP contribution in [-0.4, -0.2) is 30.2 Å². The van der Waals surface area contributed by atoms with Crippen LogP contribution in [0, 0.1) is 11.8 Å². The van der Waals surface area contributed by atoms with Crippen molar-refractivity contribution in [1.29, 1.82) is 0 Å². The fraction of sp³-hybridized carbons (Fsp3) is 0.308. The Hall–Kier alpha value is -3.94. The Labute approximate surface area is 197 Å². The molecule has 34 heavy (non-hydrogen) atoms. The average Bonchev–Trinajstić information content (AvgIpc) is 3.31. The Balaban J connectivity index is 1.24. The Bertz CT molecular complexity index is 1170. The van der Waals surface area contributed by atoms with Crippen molar-refractivity contribution in [2.45, 2.75) is 32.2 Å². The van der Waals surface area contributed by atoms with Crippen molar-refractivity contribution in [3.63, 3.8) is 0 Å². The highest BCUT2D eigenvalue weighted by Gasteiger charge is 2.42. The summed E-state index contributed by atoms with van der Waals surface area (Å²) < 4.78 is 0. The third-order valence-electron chi connectivity index (χ3n) is 6.67. The normalized spacial score (nSPS) is 21.9. The summed E-state index contributed by atoms with van der Waals surface area (Å²) in [5.41, 5.74) is 5.32. The van der Waals surface area contributed by atoms with Gasteiger partial charge in [-0.3, -0.25) is 24.6 Å². The van der Waals surface area contributed by atoms with Crippen LogP contribution in [0.2, 0.25) is 0 Å². The molecule has 0 aromatic heterocycles. The van der Waals surface area contributed by atoms with Crippen molar-refractivity contribution in [2.24, 2.45) is 11.8 Å². The first kappa shape index (κ1) is 21.9. The maximum absolute atomic E-state index is 13.0. The van der Waals surface area contributed by atoms with Crippen LogP contribution >= 0.6 is 0 Å². The van der Waals surface area contributed by atoms with Gasteiger partial charge in [-0.15, -0.1) is 0 Å². The SMILES string of the molecule is O=C(NCc1ccc(N2CCCC2=O)cc1)c1cccc(N2NC(=O)C3CC=CCC3C2=O)c1. The lowest BCUT2D eigenvalue weighted by Crippen LogP contribution is -2.59. The van der Waals surface area contributed by atoms with Gasteiger partial charge in [-0.25, -0.2) is 5.01 Å².